The van der Waals surface area contributed by atoms with Crippen molar-refractivity contribution in [3.8, 4) is 28.7 Å². The van der Waals surface area contributed by atoms with Crippen molar-refractivity contribution in [1.29, 1.82) is 0 Å². The van der Waals surface area contributed by atoms with Crippen molar-refractivity contribution in [3.63, 3.8) is 0 Å². The Morgan fingerprint density at radius 2 is 1.92 bits per heavy atom. The second-order valence-corrected chi connectivity index (χ2v) is 5.32. The molecular formula is C18H17F2N3O3. The normalized spacial score (nSPS) is 11.0. The van der Waals surface area contributed by atoms with Gasteiger partial charge in [0.05, 0.1) is 13.7 Å². The number of rotatable bonds is 7. The lowest BCUT2D eigenvalue weighted by molar-refractivity contribution is 0.146. The van der Waals surface area contributed by atoms with E-state index in [1.165, 1.54) is 19.5 Å². The molecule has 1 aromatic carbocycles. The van der Waals surface area contributed by atoms with Crippen molar-refractivity contribution in [2.45, 2.75) is 6.43 Å². The van der Waals surface area contributed by atoms with E-state index >= 15 is 0 Å². The second kappa shape index (κ2) is 7.92. The Morgan fingerprint density at radius 1 is 1.15 bits per heavy atom. The standard InChI is InChI=1S/C18H17F2N3O3/c1-25-16-7-2-12(10-21-16)18-22-15(17(19)20)11-23(18)13-3-5-14(6-4-13)26-9-8-24/h2-7,10-11,17,24H,8-9H2,1H3. The number of aliphatic hydroxyl groups is 1. The van der Waals surface area contributed by atoms with Crippen LogP contribution in [-0.2, 0) is 0 Å². The van der Waals surface area contributed by atoms with Crippen LogP contribution in [0.3, 0.4) is 0 Å². The van der Waals surface area contributed by atoms with E-state index in [9.17, 15) is 8.78 Å². The van der Waals surface area contributed by atoms with Crippen LogP contribution in [0.1, 0.15) is 12.1 Å². The Kier molecular flexibility index (Phi) is 5.43. The van der Waals surface area contributed by atoms with Gasteiger partial charge in [0.1, 0.15) is 23.9 Å². The molecule has 0 unspecified atom stereocenters. The van der Waals surface area contributed by atoms with E-state index in [0.717, 1.165) is 0 Å². The number of hydrogen-bond donors (Lipinski definition) is 1. The van der Waals surface area contributed by atoms with Gasteiger partial charge in [-0.3, -0.25) is 4.57 Å². The van der Waals surface area contributed by atoms with Gasteiger partial charge in [0.2, 0.25) is 5.88 Å². The van der Waals surface area contributed by atoms with Gasteiger partial charge in [-0.15, -0.1) is 0 Å². The maximum Gasteiger partial charge on any atom is 0.281 e. The van der Waals surface area contributed by atoms with Crippen LogP contribution in [0.2, 0.25) is 0 Å². The van der Waals surface area contributed by atoms with Crippen LogP contribution in [0.4, 0.5) is 8.78 Å². The molecule has 0 fully saturated rings. The maximum atomic E-state index is 13.2. The molecule has 1 N–H and O–H groups in total. The number of benzene rings is 1. The third-order valence-electron chi connectivity index (χ3n) is 3.63. The first kappa shape index (κ1) is 17.8. The van der Waals surface area contributed by atoms with E-state index in [0.29, 0.717) is 28.7 Å². The van der Waals surface area contributed by atoms with Gasteiger partial charge in [0.15, 0.2) is 0 Å². The molecule has 0 aliphatic carbocycles. The number of pyridine rings is 1. The van der Waals surface area contributed by atoms with Crippen LogP contribution in [0, 0.1) is 0 Å². The van der Waals surface area contributed by atoms with Gasteiger partial charge in [0, 0.05) is 29.7 Å². The Morgan fingerprint density at radius 3 is 2.50 bits per heavy atom. The molecule has 0 saturated heterocycles. The van der Waals surface area contributed by atoms with Crippen LogP contribution in [0.5, 0.6) is 11.6 Å². The smallest absolute Gasteiger partial charge is 0.281 e. The number of halogens is 2. The van der Waals surface area contributed by atoms with E-state index < -0.39 is 6.43 Å². The maximum absolute atomic E-state index is 13.2. The summed E-state index contributed by atoms with van der Waals surface area (Å²) < 4.78 is 38.2. The van der Waals surface area contributed by atoms with Crippen LogP contribution in [-0.4, -0.2) is 40.0 Å². The monoisotopic (exact) mass is 361 g/mol. The lowest BCUT2D eigenvalue weighted by Gasteiger charge is -2.10. The first-order valence-corrected chi connectivity index (χ1v) is 7.84. The summed E-state index contributed by atoms with van der Waals surface area (Å²) in [5.74, 6) is 1.34. The van der Waals surface area contributed by atoms with Crippen LogP contribution in [0.25, 0.3) is 17.1 Å². The van der Waals surface area contributed by atoms with Crippen LogP contribution < -0.4 is 9.47 Å². The van der Waals surface area contributed by atoms with Crippen molar-refractivity contribution in [2.75, 3.05) is 20.3 Å². The van der Waals surface area contributed by atoms with Crippen molar-refractivity contribution < 1.29 is 23.4 Å². The van der Waals surface area contributed by atoms with Gasteiger partial charge in [0.25, 0.3) is 6.43 Å². The van der Waals surface area contributed by atoms with Crippen LogP contribution >= 0.6 is 0 Å². The molecule has 0 atom stereocenters. The number of hydrogen-bond acceptors (Lipinski definition) is 5. The molecular weight excluding hydrogens is 344 g/mol. The third kappa shape index (κ3) is 3.80. The molecule has 26 heavy (non-hydrogen) atoms. The van der Waals surface area contributed by atoms with Crippen molar-refractivity contribution in [3.05, 3.63) is 54.5 Å². The molecule has 2 heterocycles. The Bertz CT molecular complexity index is 849. The summed E-state index contributed by atoms with van der Waals surface area (Å²) in [4.78, 5) is 8.16. The fraction of sp³-hybridized carbons (Fsp3) is 0.222. The van der Waals surface area contributed by atoms with Gasteiger partial charge in [-0.25, -0.2) is 18.7 Å². The quantitative estimate of drug-likeness (QED) is 0.700. The lowest BCUT2D eigenvalue weighted by atomic mass is 10.2. The zero-order valence-corrected chi connectivity index (χ0v) is 14.0. The zero-order chi connectivity index (χ0) is 18.5. The zero-order valence-electron chi connectivity index (χ0n) is 14.0. The number of imidazole rings is 1. The summed E-state index contributed by atoms with van der Waals surface area (Å²) >= 11 is 0. The summed E-state index contributed by atoms with van der Waals surface area (Å²) in [6, 6.07) is 10.2. The number of alkyl halides is 2. The summed E-state index contributed by atoms with van der Waals surface area (Å²) in [7, 11) is 1.50. The highest BCUT2D eigenvalue weighted by molar-refractivity contribution is 5.59. The average molecular weight is 361 g/mol. The van der Waals surface area contributed by atoms with Gasteiger partial charge < -0.3 is 14.6 Å². The van der Waals surface area contributed by atoms with Gasteiger partial charge >= 0.3 is 0 Å². The minimum absolute atomic E-state index is 0.0877. The molecule has 6 nitrogen and oxygen atoms in total. The van der Waals surface area contributed by atoms with Crippen LogP contribution in [0.15, 0.2) is 48.8 Å². The van der Waals surface area contributed by atoms with E-state index in [1.54, 1.807) is 41.0 Å². The molecule has 0 aliphatic heterocycles. The second-order valence-electron chi connectivity index (χ2n) is 5.32. The Balaban J connectivity index is 1.99. The fourth-order valence-electron chi connectivity index (χ4n) is 2.40. The summed E-state index contributed by atoms with van der Waals surface area (Å²) in [6.07, 6.45) is 0.132. The largest absolute Gasteiger partial charge is 0.491 e. The lowest BCUT2D eigenvalue weighted by Crippen LogP contribution is -2.02. The predicted octanol–water partition coefficient (Wildman–Crippen LogP) is 3.25. The minimum atomic E-state index is -2.69. The highest BCUT2D eigenvalue weighted by Gasteiger charge is 2.18. The van der Waals surface area contributed by atoms with Gasteiger partial charge in [-0.1, -0.05) is 0 Å². The van der Waals surface area contributed by atoms with Gasteiger partial charge in [-0.05, 0) is 30.3 Å². The van der Waals surface area contributed by atoms with E-state index in [-0.39, 0.29) is 18.9 Å². The molecule has 0 aliphatic rings. The molecule has 3 rings (SSSR count). The molecule has 8 heteroatoms. The molecule has 136 valence electrons. The van der Waals surface area contributed by atoms with Crippen molar-refractivity contribution in [2.24, 2.45) is 0 Å². The molecule has 0 saturated carbocycles. The summed E-state index contributed by atoms with van der Waals surface area (Å²) in [6.45, 7) is 0.0956. The number of methoxy groups -OCH3 is 1. The highest BCUT2D eigenvalue weighted by atomic mass is 19.3. The minimum Gasteiger partial charge on any atom is -0.491 e. The number of aliphatic hydroxyl groups excluding tert-OH is 1. The highest BCUT2D eigenvalue weighted by Crippen LogP contribution is 2.28. The average Bonchev–Trinajstić information content (AvgIpc) is 3.12. The number of nitrogens with zero attached hydrogens (tertiary/aromatic N) is 3. The van der Waals surface area contributed by atoms with E-state index in [1.807, 2.05) is 0 Å². The molecule has 3 aromatic rings. The van der Waals surface area contributed by atoms with Crippen molar-refractivity contribution >= 4 is 0 Å². The molecule has 2 aromatic heterocycles. The first-order chi connectivity index (χ1) is 12.6. The fourth-order valence-corrected chi connectivity index (χ4v) is 2.40. The number of aromatic nitrogens is 3. The van der Waals surface area contributed by atoms with Crippen molar-refractivity contribution in [1.82, 2.24) is 14.5 Å². The van der Waals surface area contributed by atoms with E-state index in [2.05, 4.69) is 9.97 Å². The molecule has 0 spiro atoms. The molecule has 0 radical (unpaired) electrons. The van der Waals surface area contributed by atoms with E-state index in [4.69, 9.17) is 14.6 Å². The predicted molar refractivity (Wildman–Crippen MR) is 90.9 cm³/mol. The molecule has 0 amide bonds. The topological polar surface area (TPSA) is 69.4 Å². The Hall–Kier alpha value is -3.00. The SMILES string of the molecule is COc1ccc(-c2nc(C(F)F)cn2-c2ccc(OCCO)cc2)cn1. The Labute approximate surface area is 148 Å². The third-order valence-corrected chi connectivity index (χ3v) is 3.63. The number of ether oxygens (including phenoxy) is 2. The summed E-state index contributed by atoms with van der Waals surface area (Å²) in [5, 5.41) is 8.79. The first-order valence-electron chi connectivity index (χ1n) is 7.84. The van der Waals surface area contributed by atoms with Gasteiger partial charge in [-0.2, -0.15) is 0 Å². The molecule has 0 bridgehead atoms. The summed E-state index contributed by atoms with van der Waals surface area (Å²) in [5.41, 5.74) is 0.904.